The van der Waals surface area contributed by atoms with E-state index in [1.165, 1.54) is 12.1 Å². The van der Waals surface area contributed by atoms with E-state index in [4.69, 9.17) is 0 Å². The first-order valence-corrected chi connectivity index (χ1v) is 8.88. The minimum Gasteiger partial charge on any atom is -0.347 e. The average molecular weight is 384 g/mol. The van der Waals surface area contributed by atoms with Crippen LogP contribution < -0.4 is 10.2 Å². The van der Waals surface area contributed by atoms with Gasteiger partial charge in [0.15, 0.2) is 0 Å². The van der Waals surface area contributed by atoms with E-state index in [1.807, 2.05) is 12.1 Å². The van der Waals surface area contributed by atoms with Crippen LogP contribution in [0.4, 0.5) is 5.69 Å². The molecule has 0 aliphatic heterocycles. The van der Waals surface area contributed by atoms with Crippen LogP contribution in [0.25, 0.3) is 0 Å². The van der Waals surface area contributed by atoms with Gasteiger partial charge >= 0.3 is 4.87 Å². The lowest BCUT2D eigenvalue weighted by atomic mass is 10.2. The Hall–Kier alpha value is -3.33. The zero-order valence-electron chi connectivity index (χ0n) is 14.4. The molecule has 27 heavy (non-hydrogen) atoms. The van der Waals surface area contributed by atoms with Gasteiger partial charge in [0, 0.05) is 36.8 Å². The van der Waals surface area contributed by atoms with Gasteiger partial charge in [0.25, 0.3) is 11.6 Å². The number of hydrogen-bond donors (Lipinski definition) is 1. The third-order valence-corrected chi connectivity index (χ3v) is 5.09. The smallest absolute Gasteiger partial charge is 0.308 e. The maximum atomic E-state index is 12.5. The summed E-state index contributed by atoms with van der Waals surface area (Å²) in [5.74, 6) is -0.380. The molecule has 0 aliphatic carbocycles. The SMILES string of the molecule is Cc1c(C(=O)NCc2cccc([N+](=O)[O-])c2)sc(=O)n1Cc1ccncc1. The van der Waals surface area contributed by atoms with E-state index in [2.05, 4.69) is 10.3 Å². The molecule has 8 nitrogen and oxygen atoms in total. The van der Waals surface area contributed by atoms with Crippen LogP contribution in [0.1, 0.15) is 26.5 Å². The van der Waals surface area contributed by atoms with Crippen LogP contribution >= 0.6 is 11.3 Å². The Bertz CT molecular complexity index is 1040. The molecule has 0 bridgehead atoms. The van der Waals surface area contributed by atoms with Crippen molar-refractivity contribution < 1.29 is 9.72 Å². The van der Waals surface area contributed by atoms with Crippen molar-refractivity contribution in [1.82, 2.24) is 14.9 Å². The molecule has 1 aromatic carbocycles. The fourth-order valence-corrected chi connectivity index (χ4v) is 3.49. The predicted molar refractivity (Wildman–Crippen MR) is 101 cm³/mol. The summed E-state index contributed by atoms with van der Waals surface area (Å²) >= 11 is 0.883. The number of nitrogens with one attached hydrogen (secondary N) is 1. The molecule has 9 heteroatoms. The van der Waals surface area contributed by atoms with E-state index in [1.54, 1.807) is 36.0 Å². The quantitative estimate of drug-likeness (QED) is 0.519. The summed E-state index contributed by atoms with van der Waals surface area (Å²) in [5, 5.41) is 13.5. The molecule has 1 N–H and O–H groups in total. The molecule has 0 saturated heterocycles. The molecule has 1 amide bonds. The molecule has 2 aromatic heterocycles. The van der Waals surface area contributed by atoms with Gasteiger partial charge in [-0.2, -0.15) is 0 Å². The summed E-state index contributed by atoms with van der Waals surface area (Å²) in [7, 11) is 0. The summed E-state index contributed by atoms with van der Waals surface area (Å²) in [5.41, 5.74) is 2.07. The van der Waals surface area contributed by atoms with Crippen molar-refractivity contribution in [2.75, 3.05) is 0 Å². The lowest BCUT2D eigenvalue weighted by molar-refractivity contribution is -0.384. The topological polar surface area (TPSA) is 107 Å². The molecule has 2 heterocycles. The maximum Gasteiger partial charge on any atom is 0.308 e. The molecular formula is C18H16N4O4S. The molecule has 0 radical (unpaired) electrons. The molecule has 0 saturated carbocycles. The average Bonchev–Trinajstić information content (AvgIpc) is 2.95. The van der Waals surface area contributed by atoms with Gasteiger partial charge in [-0.05, 0) is 30.2 Å². The zero-order valence-corrected chi connectivity index (χ0v) is 15.2. The fraction of sp³-hybridized carbons (Fsp3) is 0.167. The number of aromatic nitrogens is 2. The van der Waals surface area contributed by atoms with Crippen LogP contribution in [-0.2, 0) is 13.1 Å². The predicted octanol–water partition coefficient (Wildman–Crippen LogP) is 2.50. The maximum absolute atomic E-state index is 12.5. The number of carbonyl (C=O) groups excluding carboxylic acids is 1. The number of thiazole rings is 1. The lowest BCUT2D eigenvalue weighted by Gasteiger charge is -2.07. The highest BCUT2D eigenvalue weighted by molar-refractivity contribution is 7.11. The normalized spacial score (nSPS) is 10.6. The second-order valence-electron chi connectivity index (χ2n) is 5.83. The van der Waals surface area contributed by atoms with E-state index in [-0.39, 0.29) is 23.0 Å². The van der Waals surface area contributed by atoms with Crippen LogP contribution in [0.5, 0.6) is 0 Å². The van der Waals surface area contributed by atoms with Gasteiger partial charge in [-0.25, -0.2) is 0 Å². The van der Waals surface area contributed by atoms with Crippen LogP contribution in [0, 0.1) is 17.0 Å². The largest absolute Gasteiger partial charge is 0.347 e. The number of hydrogen-bond acceptors (Lipinski definition) is 6. The van der Waals surface area contributed by atoms with E-state index in [9.17, 15) is 19.7 Å². The highest BCUT2D eigenvalue weighted by atomic mass is 32.1. The fourth-order valence-electron chi connectivity index (χ4n) is 2.58. The molecular weight excluding hydrogens is 368 g/mol. The summed E-state index contributed by atoms with van der Waals surface area (Å²) in [6.07, 6.45) is 3.30. The van der Waals surface area contributed by atoms with Gasteiger partial charge in [-0.1, -0.05) is 23.5 Å². The highest BCUT2D eigenvalue weighted by Gasteiger charge is 2.18. The van der Waals surface area contributed by atoms with Gasteiger partial charge in [0.2, 0.25) is 0 Å². The molecule has 0 fully saturated rings. The Balaban J connectivity index is 1.74. The van der Waals surface area contributed by atoms with Crippen molar-refractivity contribution in [3.8, 4) is 0 Å². The first-order chi connectivity index (χ1) is 13.0. The number of pyridine rings is 1. The summed E-state index contributed by atoms with van der Waals surface area (Å²) in [6.45, 7) is 2.22. The minimum atomic E-state index is -0.486. The van der Waals surface area contributed by atoms with Crippen LogP contribution in [-0.4, -0.2) is 20.4 Å². The molecule has 3 aromatic rings. The van der Waals surface area contributed by atoms with E-state index in [0.29, 0.717) is 22.7 Å². The van der Waals surface area contributed by atoms with Crippen molar-refractivity contribution in [2.24, 2.45) is 0 Å². The van der Waals surface area contributed by atoms with Crippen molar-refractivity contribution in [1.29, 1.82) is 0 Å². The highest BCUT2D eigenvalue weighted by Crippen LogP contribution is 2.15. The molecule has 138 valence electrons. The Morgan fingerprint density at radius 3 is 2.70 bits per heavy atom. The lowest BCUT2D eigenvalue weighted by Crippen LogP contribution is -2.23. The summed E-state index contributed by atoms with van der Waals surface area (Å²) < 4.78 is 1.54. The monoisotopic (exact) mass is 384 g/mol. The minimum absolute atomic E-state index is 0.0360. The van der Waals surface area contributed by atoms with Crippen LogP contribution in [0.15, 0.2) is 53.6 Å². The van der Waals surface area contributed by atoms with Gasteiger partial charge < -0.3 is 5.32 Å². The third-order valence-electron chi connectivity index (χ3n) is 4.01. The Morgan fingerprint density at radius 1 is 1.26 bits per heavy atom. The van der Waals surface area contributed by atoms with E-state index < -0.39 is 4.92 Å². The summed E-state index contributed by atoms with van der Waals surface area (Å²) in [6, 6.07) is 9.67. The summed E-state index contributed by atoms with van der Waals surface area (Å²) in [4.78, 5) is 39.2. The van der Waals surface area contributed by atoms with E-state index in [0.717, 1.165) is 16.9 Å². The molecule has 0 atom stereocenters. The van der Waals surface area contributed by atoms with Crippen molar-refractivity contribution in [2.45, 2.75) is 20.0 Å². The van der Waals surface area contributed by atoms with Crippen LogP contribution in [0.2, 0.25) is 0 Å². The number of nitro benzene ring substituents is 1. The number of rotatable bonds is 6. The second-order valence-corrected chi connectivity index (χ2v) is 6.80. The number of nitro groups is 1. The van der Waals surface area contributed by atoms with E-state index >= 15 is 0 Å². The first kappa shape index (κ1) is 18.5. The molecule has 0 aliphatic rings. The van der Waals surface area contributed by atoms with Gasteiger partial charge in [-0.3, -0.25) is 29.3 Å². The Morgan fingerprint density at radius 2 is 2.00 bits per heavy atom. The number of non-ortho nitro benzene ring substituents is 1. The van der Waals surface area contributed by atoms with Gasteiger partial charge in [0.05, 0.1) is 11.5 Å². The standard InChI is InChI=1S/C18H16N4O4S/c1-12-16(27-18(24)21(12)11-13-5-7-19-8-6-13)17(23)20-10-14-3-2-4-15(9-14)22(25)26/h2-9H,10-11H2,1H3,(H,20,23). The molecule has 0 unspecified atom stereocenters. The number of carbonyl (C=O) groups is 1. The Labute approximate surface area is 158 Å². The third kappa shape index (κ3) is 4.26. The molecule has 3 rings (SSSR count). The second kappa shape index (κ2) is 7.92. The number of amides is 1. The number of benzene rings is 1. The molecule has 0 spiro atoms. The van der Waals surface area contributed by atoms with Crippen molar-refractivity contribution >= 4 is 22.9 Å². The first-order valence-electron chi connectivity index (χ1n) is 8.06. The van der Waals surface area contributed by atoms with Crippen molar-refractivity contribution in [3.63, 3.8) is 0 Å². The number of nitrogens with zero attached hydrogens (tertiary/aromatic N) is 3. The zero-order chi connectivity index (χ0) is 19.4. The Kier molecular flexibility index (Phi) is 5.41. The van der Waals surface area contributed by atoms with Crippen LogP contribution in [0.3, 0.4) is 0 Å². The van der Waals surface area contributed by atoms with Crippen molar-refractivity contribution in [3.05, 3.63) is 90.3 Å². The van der Waals surface area contributed by atoms with Gasteiger partial charge in [-0.15, -0.1) is 0 Å². The van der Waals surface area contributed by atoms with Gasteiger partial charge in [0.1, 0.15) is 4.88 Å².